The highest BCUT2D eigenvalue weighted by Crippen LogP contribution is 2.32. The van der Waals surface area contributed by atoms with E-state index in [1.807, 2.05) is 0 Å². The molecule has 20 heavy (non-hydrogen) atoms. The number of nitrogen functional groups attached to an aromatic ring is 1. The van der Waals surface area contributed by atoms with Crippen LogP contribution in [0.3, 0.4) is 0 Å². The van der Waals surface area contributed by atoms with E-state index in [1.54, 1.807) is 6.92 Å². The second-order valence-corrected chi connectivity index (χ2v) is 7.43. The summed E-state index contributed by atoms with van der Waals surface area (Å²) in [5, 5.41) is 2.91. The highest BCUT2D eigenvalue weighted by Gasteiger charge is 2.15. The number of halogens is 2. The van der Waals surface area contributed by atoms with Gasteiger partial charge in [0.25, 0.3) is 0 Å². The Morgan fingerprint density at radius 1 is 1.25 bits per heavy atom. The topological polar surface area (TPSA) is 89.3 Å². The van der Waals surface area contributed by atoms with Crippen LogP contribution in [0.5, 0.6) is 0 Å². The summed E-state index contributed by atoms with van der Waals surface area (Å²) < 4.78 is 23.0. The average molecular weight is 339 g/mol. The van der Waals surface area contributed by atoms with Crippen LogP contribution in [0, 0.1) is 0 Å². The molecule has 112 valence electrons. The minimum atomic E-state index is -3.19. The van der Waals surface area contributed by atoms with Gasteiger partial charge in [0.05, 0.1) is 21.5 Å². The fourth-order valence-corrected chi connectivity index (χ4v) is 3.50. The van der Waals surface area contributed by atoms with Gasteiger partial charge in [0.2, 0.25) is 5.91 Å². The summed E-state index contributed by atoms with van der Waals surface area (Å²) in [6.45, 7) is 1.77. The zero-order valence-electron chi connectivity index (χ0n) is 10.9. The first kappa shape index (κ1) is 17.1. The van der Waals surface area contributed by atoms with Crippen LogP contribution < -0.4 is 11.1 Å². The van der Waals surface area contributed by atoms with Crippen molar-refractivity contribution < 1.29 is 13.2 Å². The van der Waals surface area contributed by atoms with Gasteiger partial charge in [-0.3, -0.25) is 4.79 Å². The van der Waals surface area contributed by atoms with Crippen LogP contribution in [0.15, 0.2) is 12.1 Å². The number of amides is 1. The number of nitrogens with one attached hydrogen (secondary N) is 1. The monoisotopic (exact) mass is 338 g/mol. The second kappa shape index (κ2) is 7.15. The number of carbonyl (C=O) groups is 1. The largest absolute Gasteiger partial charge is 0.399 e. The molecule has 0 fully saturated rings. The van der Waals surface area contributed by atoms with Crippen molar-refractivity contribution >= 4 is 50.3 Å². The molecule has 0 saturated heterocycles. The molecule has 0 heterocycles. The lowest BCUT2D eigenvalue weighted by Gasteiger charge is -2.10. The van der Waals surface area contributed by atoms with Crippen LogP contribution in [0.4, 0.5) is 11.4 Å². The molecule has 5 nitrogen and oxygen atoms in total. The van der Waals surface area contributed by atoms with Crippen LogP contribution >= 0.6 is 23.2 Å². The number of carbonyl (C=O) groups excluding carboxylic acids is 1. The molecule has 0 atom stereocenters. The van der Waals surface area contributed by atoms with E-state index >= 15 is 0 Å². The maximum atomic E-state index is 11.7. The van der Waals surface area contributed by atoms with Crippen LogP contribution in [0.2, 0.25) is 10.0 Å². The summed E-state index contributed by atoms with van der Waals surface area (Å²) in [7, 11) is -3.19. The van der Waals surface area contributed by atoms with Gasteiger partial charge in [-0.1, -0.05) is 30.1 Å². The molecule has 0 aliphatic heterocycles. The molecule has 0 spiro atoms. The maximum absolute atomic E-state index is 11.7. The molecular weight excluding hydrogens is 323 g/mol. The predicted molar refractivity (Wildman–Crippen MR) is 83.1 cm³/mol. The Morgan fingerprint density at radius 3 is 2.30 bits per heavy atom. The molecule has 0 aromatic heterocycles. The normalized spacial score (nSPS) is 11.3. The summed E-state index contributed by atoms with van der Waals surface area (Å²) in [5.41, 5.74) is 6.16. The minimum absolute atomic E-state index is 0.0731. The van der Waals surface area contributed by atoms with Crippen LogP contribution in [0.1, 0.15) is 19.8 Å². The summed E-state index contributed by atoms with van der Waals surface area (Å²) >= 11 is 11.8. The van der Waals surface area contributed by atoms with Gasteiger partial charge in [0.15, 0.2) is 9.84 Å². The number of hydrogen-bond donors (Lipinski definition) is 2. The summed E-state index contributed by atoms with van der Waals surface area (Å²) in [6.07, 6.45) is 0.388. The molecule has 0 unspecified atom stereocenters. The fraction of sp³-hybridized carbons (Fsp3) is 0.417. The van der Waals surface area contributed by atoms with Gasteiger partial charge in [-0.2, -0.15) is 0 Å². The zero-order chi connectivity index (χ0) is 15.3. The van der Waals surface area contributed by atoms with E-state index in [-0.39, 0.29) is 33.7 Å². The molecule has 0 aliphatic carbocycles. The fourth-order valence-electron chi connectivity index (χ4n) is 1.58. The Bertz CT molecular complexity index is 580. The van der Waals surface area contributed by atoms with E-state index < -0.39 is 15.7 Å². The van der Waals surface area contributed by atoms with Crippen molar-refractivity contribution in [2.45, 2.75) is 19.8 Å². The van der Waals surface area contributed by atoms with Crippen molar-refractivity contribution in [3.63, 3.8) is 0 Å². The second-order valence-electron chi connectivity index (χ2n) is 4.31. The van der Waals surface area contributed by atoms with Gasteiger partial charge in [-0.15, -0.1) is 0 Å². The molecule has 0 saturated carbocycles. The van der Waals surface area contributed by atoms with Crippen molar-refractivity contribution in [2.75, 3.05) is 22.6 Å². The molecule has 0 aliphatic rings. The SMILES string of the molecule is CCCS(=O)(=O)CCC(=O)Nc1c(Cl)cc(N)cc1Cl. The van der Waals surface area contributed by atoms with Gasteiger partial charge in [-0.05, 0) is 18.6 Å². The Hall–Kier alpha value is -0.980. The van der Waals surface area contributed by atoms with E-state index in [0.29, 0.717) is 12.1 Å². The lowest BCUT2D eigenvalue weighted by molar-refractivity contribution is -0.115. The van der Waals surface area contributed by atoms with Crippen LogP contribution in [-0.4, -0.2) is 25.8 Å². The summed E-state index contributed by atoms with van der Waals surface area (Å²) in [5.74, 6) is -0.584. The Balaban J connectivity index is 2.69. The minimum Gasteiger partial charge on any atom is -0.399 e. The standard InChI is InChI=1S/C12H16Cl2N2O3S/c1-2-4-20(18,19)5-3-11(17)16-12-9(13)6-8(15)7-10(12)14/h6-7H,2-5,15H2,1H3,(H,16,17). The van der Waals surface area contributed by atoms with E-state index in [4.69, 9.17) is 28.9 Å². The lowest BCUT2D eigenvalue weighted by atomic mass is 10.2. The highest BCUT2D eigenvalue weighted by molar-refractivity contribution is 7.91. The number of hydrogen-bond acceptors (Lipinski definition) is 4. The van der Waals surface area contributed by atoms with Gasteiger partial charge in [-0.25, -0.2) is 8.42 Å². The molecule has 8 heteroatoms. The van der Waals surface area contributed by atoms with Crippen LogP contribution in [-0.2, 0) is 14.6 Å². The predicted octanol–water partition coefficient (Wildman–Crippen LogP) is 2.73. The molecule has 0 radical (unpaired) electrons. The van der Waals surface area contributed by atoms with Crippen LogP contribution in [0.25, 0.3) is 0 Å². The Kier molecular flexibility index (Phi) is 6.10. The summed E-state index contributed by atoms with van der Waals surface area (Å²) in [6, 6.07) is 2.91. The van der Waals surface area contributed by atoms with Crippen molar-refractivity contribution in [1.82, 2.24) is 0 Å². The quantitative estimate of drug-likeness (QED) is 0.780. The first-order chi connectivity index (χ1) is 9.25. The molecule has 1 rings (SSSR count). The van der Waals surface area contributed by atoms with Gasteiger partial charge in [0.1, 0.15) is 0 Å². The van der Waals surface area contributed by atoms with Gasteiger partial charge < -0.3 is 11.1 Å². The third-order valence-corrected chi connectivity index (χ3v) is 4.94. The van der Waals surface area contributed by atoms with E-state index in [1.165, 1.54) is 12.1 Å². The molecule has 3 N–H and O–H groups in total. The van der Waals surface area contributed by atoms with E-state index in [2.05, 4.69) is 5.32 Å². The molecular formula is C12H16Cl2N2O3S. The molecule has 1 amide bonds. The molecule has 1 aromatic rings. The first-order valence-electron chi connectivity index (χ1n) is 6.00. The van der Waals surface area contributed by atoms with E-state index in [0.717, 1.165) is 0 Å². The Morgan fingerprint density at radius 2 is 1.80 bits per heavy atom. The number of benzene rings is 1. The van der Waals surface area contributed by atoms with E-state index in [9.17, 15) is 13.2 Å². The van der Waals surface area contributed by atoms with Crippen molar-refractivity contribution in [1.29, 1.82) is 0 Å². The average Bonchev–Trinajstić information content (AvgIpc) is 2.31. The van der Waals surface area contributed by atoms with Gasteiger partial charge in [0, 0.05) is 17.9 Å². The zero-order valence-corrected chi connectivity index (χ0v) is 13.3. The number of rotatable bonds is 6. The highest BCUT2D eigenvalue weighted by atomic mass is 35.5. The number of anilines is 2. The van der Waals surface area contributed by atoms with Crippen molar-refractivity contribution in [3.05, 3.63) is 22.2 Å². The smallest absolute Gasteiger partial charge is 0.225 e. The van der Waals surface area contributed by atoms with Crippen molar-refractivity contribution in [2.24, 2.45) is 0 Å². The molecule has 1 aromatic carbocycles. The lowest BCUT2D eigenvalue weighted by Crippen LogP contribution is -2.19. The number of sulfone groups is 1. The van der Waals surface area contributed by atoms with Crippen molar-refractivity contribution in [3.8, 4) is 0 Å². The third kappa shape index (κ3) is 5.19. The first-order valence-corrected chi connectivity index (χ1v) is 8.57. The Labute approximate surface area is 128 Å². The maximum Gasteiger partial charge on any atom is 0.225 e. The third-order valence-electron chi connectivity index (χ3n) is 2.48. The summed E-state index contributed by atoms with van der Waals surface area (Å²) in [4.78, 5) is 11.7. The van der Waals surface area contributed by atoms with Gasteiger partial charge >= 0.3 is 0 Å². The number of nitrogens with two attached hydrogens (primary N) is 1. The molecule has 0 bridgehead atoms.